The normalized spacial score (nSPS) is 17.0. The lowest BCUT2D eigenvalue weighted by Crippen LogP contribution is -2.13. The molecular weight excluding hydrogens is 324 g/mol. The Kier molecular flexibility index (Phi) is 3.61. The van der Waals surface area contributed by atoms with Gasteiger partial charge in [-0.1, -0.05) is 29.3 Å². The van der Waals surface area contributed by atoms with Crippen LogP contribution < -0.4 is 0 Å². The molecule has 1 saturated carbocycles. The minimum absolute atomic E-state index is 0.481. The van der Waals surface area contributed by atoms with Crippen molar-refractivity contribution in [2.75, 3.05) is 0 Å². The first kappa shape index (κ1) is 13.4. The number of rotatable bonds is 5. The lowest BCUT2D eigenvalue weighted by atomic mass is 10.0. The Labute approximate surface area is 127 Å². The Balaban J connectivity index is 2.03. The molecule has 0 aliphatic heterocycles. The SMILES string of the molecule is CCCC1(Cn2c(CCl)nc3ccc(Br)cc32)CC1. The highest BCUT2D eigenvalue weighted by Gasteiger charge is 2.42. The van der Waals surface area contributed by atoms with Gasteiger partial charge in [0.25, 0.3) is 0 Å². The van der Waals surface area contributed by atoms with Crippen LogP contribution >= 0.6 is 27.5 Å². The van der Waals surface area contributed by atoms with Crippen molar-refractivity contribution in [3.63, 3.8) is 0 Å². The Morgan fingerprint density at radius 1 is 1.42 bits per heavy atom. The molecular formula is C15H18BrClN2. The van der Waals surface area contributed by atoms with E-state index >= 15 is 0 Å². The monoisotopic (exact) mass is 340 g/mol. The topological polar surface area (TPSA) is 17.8 Å². The third kappa shape index (κ3) is 2.55. The molecule has 4 heteroatoms. The predicted octanol–water partition coefficient (Wildman–Crippen LogP) is 5.12. The fraction of sp³-hybridized carbons (Fsp3) is 0.533. The van der Waals surface area contributed by atoms with Crippen molar-refractivity contribution in [3.05, 3.63) is 28.5 Å². The van der Waals surface area contributed by atoms with Crippen LogP contribution in [0.1, 0.15) is 38.4 Å². The average Bonchev–Trinajstić information content (AvgIpc) is 3.07. The number of fused-ring (bicyclic) bond motifs is 1. The number of imidazole rings is 1. The summed E-state index contributed by atoms with van der Waals surface area (Å²) in [5.74, 6) is 1.48. The molecule has 0 saturated heterocycles. The van der Waals surface area contributed by atoms with Gasteiger partial charge in [-0.25, -0.2) is 4.98 Å². The van der Waals surface area contributed by atoms with Gasteiger partial charge in [0.05, 0.1) is 16.9 Å². The van der Waals surface area contributed by atoms with Crippen molar-refractivity contribution in [1.82, 2.24) is 9.55 Å². The van der Waals surface area contributed by atoms with Crippen molar-refractivity contribution < 1.29 is 0 Å². The van der Waals surface area contributed by atoms with Gasteiger partial charge in [-0.05, 0) is 42.9 Å². The number of hydrogen-bond acceptors (Lipinski definition) is 1. The van der Waals surface area contributed by atoms with Crippen LogP contribution in [0.25, 0.3) is 11.0 Å². The number of aromatic nitrogens is 2. The van der Waals surface area contributed by atoms with E-state index in [0.29, 0.717) is 11.3 Å². The summed E-state index contributed by atoms with van der Waals surface area (Å²) < 4.78 is 3.43. The first-order valence-corrected chi connectivity index (χ1v) is 8.21. The zero-order valence-electron chi connectivity index (χ0n) is 11.1. The number of nitrogens with zero attached hydrogens (tertiary/aromatic N) is 2. The minimum atomic E-state index is 0.481. The van der Waals surface area contributed by atoms with Crippen molar-refractivity contribution in [2.45, 2.75) is 45.0 Å². The molecule has 1 heterocycles. The van der Waals surface area contributed by atoms with Gasteiger partial charge in [0.15, 0.2) is 0 Å². The zero-order valence-corrected chi connectivity index (χ0v) is 13.5. The molecule has 1 fully saturated rings. The fourth-order valence-corrected chi connectivity index (χ4v) is 3.51. The first-order valence-electron chi connectivity index (χ1n) is 6.88. The molecule has 1 aromatic carbocycles. The van der Waals surface area contributed by atoms with E-state index < -0.39 is 0 Å². The Morgan fingerprint density at radius 2 is 2.21 bits per heavy atom. The van der Waals surface area contributed by atoms with E-state index in [1.54, 1.807) is 0 Å². The highest BCUT2D eigenvalue weighted by Crippen LogP contribution is 2.51. The Bertz CT molecular complexity index is 601. The number of halogens is 2. The summed E-state index contributed by atoms with van der Waals surface area (Å²) in [6.45, 7) is 3.33. The minimum Gasteiger partial charge on any atom is -0.326 e. The second kappa shape index (κ2) is 5.10. The Hall–Kier alpha value is -0.540. The molecule has 102 valence electrons. The van der Waals surface area contributed by atoms with Crippen LogP contribution in [0.4, 0.5) is 0 Å². The highest BCUT2D eigenvalue weighted by atomic mass is 79.9. The summed E-state index contributed by atoms with van der Waals surface area (Å²) in [5, 5.41) is 0. The van der Waals surface area contributed by atoms with Crippen LogP contribution in [-0.4, -0.2) is 9.55 Å². The standard InChI is InChI=1S/C15H18BrClN2/c1-2-5-15(6-7-15)10-19-13-8-11(16)3-4-12(13)18-14(19)9-17/h3-4,8H,2,5-7,9-10H2,1H3. The second-order valence-corrected chi connectivity index (χ2v) is 6.81. The molecule has 0 bridgehead atoms. The van der Waals surface area contributed by atoms with E-state index in [-0.39, 0.29) is 0 Å². The molecule has 3 rings (SSSR count). The van der Waals surface area contributed by atoms with E-state index in [1.807, 2.05) is 6.07 Å². The molecule has 1 aliphatic carbocycles. The van der Waals surface area contributed by atoms with Crippen LogP contribution in [0, 0.1) is 5.41 Å². The van der Waals surface area contributed by atoms with E-state index in [4.69, 9.17) is 11.6 Å². The van der Waals surface area contributed by atoms with Crippen LogP contribution in [-0.2, 0) is 12.4 Å². The molecule has 0 amide bonds. The van der Waals surface area contributed by atoms with Gasteiger partial charge in [-0.2, -0.15) is 0 Å². The third-order valence-electron chi connectivity index (χ3n) is 4.14. The smallest absolute Gasteiger partial charge is 0.124 e. The maximum Gasteiger partial charge on any atom is 0.124 e. The molecule has 1 aliphatic rings. The fourth-order valence-electron chi connectivity index (χ4n) is 2.95. The molecule has 1 aromatic heterocycles. The lowest BCUT2D eigenvalue weighted by Gasteiger charge is -2.17. The van der Waals surface area contributed by atoms with Gasteiger partial charge in [0.1, 0.15) is 5.82 Å². The number of alkyl halides is 1. The van der Waals surface area contributed by atoms with Crippen molar-refractivity contribution in [2.24, 2.45) is 5.41 Å². The van der Waals surface area contributed by atoms with Gasteiger partial charge in [0, 0.05) is 11.0 Å². The summed E-state index contributed by atoms with van der Waals surface area (Å²) in [7, 11) is 0. The van der Waals surface area contributed by atoms with Crippen molar-refractivity contribution in [1.29, 1.82) is 0 Å². The quantitative estimate of drug-likeness (QED) is 0.690. The molecule has 0 N–H and O–H groups in total. The van der Waals surface area contributed by atoms with Crippen molar-refractivity contribution in [3.8, 4) is 0 Å². The first-order chi connectivity index (χ1) is 9.17. The van der Waals surface area contributed by atoms with E-state index in [1.165, 1.54) is 31.2 Å². The number of hydrogen-bond donors (Lipinski definition) is 0. The summed E-state index contributed by atoms with van der Waals surface area (Å²) in [4.78, 5) is 4.65. The molecule has 2 aromatic rings. The van der Waals surface area contributed by atoms with Gasteiger partial charge in [-0.3, -0.25) is 0 Å². The summed E-state index contributed by atoms with van der Waals surface area (Å²) >= 11 is 9.62. The van der Waals surface area contributed by atoms with Crippen LogP contribution in [0.2, 0.25) is 0 Å². The molecule has 0 radical (unpaired) electrons. The molecule has 0 spiro atoms. The zero-order chi connectivity index (χ0) is 13.5. The van der Waals surface area contributed by atoms with Gasteiger partial charge >= 0.3 is 0 Å². The van der Waals surface area contributed by atoms with Gasteiger partial charge in [-0.15, -0.1) is 11.6 Å². The predicted molar refractivity (Wildman–Crippen MR) is 83.6 cm³/mol. The van der Waals surface area contributed by atoms with Gasteiger partial charge < -0.3 is 4.57 Å². The van der Waals surface area contributed by atoms with Crippen LogP contribution in [0.15, 0.2) is 22.7 Å². The van der Waals surface area contributed by atoms with E-state index in [2.05, 4.69) is 44.5 Å². The summed E-state index contributed by atoms with van der Waals surface area (Å²) in [5.41, 5.74) is 2.75. The molecule has 0 atom stereocenters. The lowest BCUT2D eigenvalue weighted by molar-refractivity contribution is 0.389. The summed E-state index contributed by atoms with van der Waals surface area (Å²) in [6.07, 6.45) is 5.25. The second-order valence-electron chi connectivity index (χ2n) is 5.63. The number of benzene rings is 1. The van der Waals surface area contributed by atoms with Crippen LogP contribution in [0.5, 0.6) is 0 Å². The van der Waals surface area contributed by atoms with Crippen molar-refractivity contribution >= 4 is 38.6 Å². The maximum absolute atomic E-state index is 6.07. The summed E-state index contributed by atoms with van der Waals surface area (Å²) in [6, 6.07) is 6.25. The molecule has 0 unspecified atom stereocenters. The van der Waals surface area contributed by atoms with Gasteiger partial charge in [0.2, 0.25) is 0 Å². The molecule has 19 heavy (non-hydrogen) atoms. The Morgan fingerprint density at radius 3 is 2.84 bits per heavy atom. The highest BCUT2D eigenvalue weighted by molar-refractivity contribution is 9.10. The maximum atomic E-state index is 6.07. The van der Waals surface area contributed by atoms with Crippen LogP contribution in [0.3, 0.4) is 0 Å². The van der Waals surface area contributed by atoms with E-state index in [0.717, 1.165) is 22.4 Å². The average molecular weight is 342 g/mol. The largest absolute Gasteiger partial charge is 0.326 e. The molecule has 2 nitrogen and oxygen atoms in total. The van der Waals surface area contributed by atoms with E-state index in [9.17, 15) is 0 Å². The third-order valence-corrected chi connectivity index (χ3v) is 4.87.